The van der Waals surface area contributed by atoms with Crippen molar-refractivity contribution in [2.45, 2.75) is 31.2 Å². The lowest BCUT2D eigenvalue weighted by molar-refractivity contribution is -0.140. The third-order valence-corrected chi connectivity index (χ3v) is 6.36. The number of hydrogen-bond donors (Lipinski definition) is 1. The molecule has 2 aliphatic heterocycles. The summed E-state index contributed by atoms with van der Waals surface area (Å²) in [5.41, 5.74) is 7.57. The van der Waals surface area contributed by atoms with Crippen molar-refractivity contribution in [2.24, 2.45) is 11.7 Å². The molecule has 0 radical (unpaired) electrons. The second-order valence-corrected chi connectivity index (χ2v) is 8.15. The highest BCUT2D eigenvalue weighted by molar-refractivity contribution is 6.05. The van der Waals surface area contributed by atoms with E-state index in [4.69, 9.17) is 5.73 Å². The summed E-state index contributed by atoms with van der Waals surface area (Å²) in [6.07, 6.45) is 1.49. The Bertz CT molecular complexity index is 868. The molecule has 2 aromatic carbocycles. The minimum absolute atomic E-state index is 0.0698. The molecule has 0 bridgehead atoms. The van der Waals surface area contributed by atoms with Gasteiger partial charge in [0.1, 0.15) is 0 Å². The molecule has 30 heavy (non-hydrogen) atoms. The van der Waals surface area contributed by atoms with E-state index in [0.29, 0.717) is 32.5 Å². The van der Waals surface area contributed by atoms with E-state index in [1.807, 2.05) is 65.6 Å². The summed E-state index contributed by atoms with van der Waals surface area (Å²) < 4.78 is 0. The predicted molar refractivity (Wildman–Crippen MR) is 113 cm³/mol. The van der Waals surface area contributed by atoms with Gasteiger partial charge in [0, 0.05) is 18.4 Å². The van der Waals surface area contributed by atoms with Gasteiger partial charge >= 0.3 is 0 Å². The summed E-state index contributed by atoms with van der Waals surface area (Å²) in [4.78, 5) is 40.9. The highest BCUT2D eigenvalue weighted by Crippen LogP contribution is 2.30. The van der Waals surface area contributed by atoms with E-state index < -0.39 is 6.04 Å². The third-order valence-electron chi connectivity index (χ3n) is 6.36. The van der Waals surface area contributed by atoms with E-state index in [1.54, 1.807) is 0 Å². The number of carbonyl (C=O) groups is 3. The maximum absolute atomic E-state index is 13.2. The summed E-state index contributed by atoms with van der Waals surface area (Å²) in [7, 11) is 0. The molecule has 0 aliphatic carbocycles. The SMILES string of the molecule is NC(=O)C1CCN([C@H]2CC(=O)N(CC(c3ccccc3)c3ccccc3)C2=O)CC1. The summed E-state index contributed by atoms with van der Waals surface area (Å²) in [5.74, 6) is -0.739. The van der Waals surface area contributed by atoms with Crippen LogP contribution < -0.4 is 5.73 Å². The predicted octanol–water partition coefficient (Wildman–Crippen LogP) is 2.14. The molecule has 2 saturated heterocycles. The third kappa shape index (κ3) is 4.14. The Hall–Kier alpha value is -2.99. The quantitative estimate of drug-likeness (QED) is 0.747. The Morgan fingerprint density at radius 3 is 1.97 bits per heavy atom. The molecule has 4 rings (SSSR count). The van der Waals surface area contributed by atoms with Crippen LogP contribution in [0.2, 0.25) is 0 Å². The number of rotatable bonds is 6. The molecule has 0 saturated carbocycles. The fourth-order valence-electron chi connectivity index (χ4n) is 4.59. The molecule has 156 valence electrons. The van der Waals surface area contributed by atoms with Crippen molar-refractivity contribution in [1.82, 2.24) is 9.80 Å². The highest BCUT2D eigenvalue weighted by atomic mass is 16.2. The molecule has 0 spiro atoms. The van der Waals surface area contributed by atoms with Gasteiger partial charge in [0.25, 0.3) is 0 Å². The molecule has 3 amide bonds. The second kappa shape index (κ2) is 8.79. The maximum Gasteiger partial charge on any atom is 0.247 e. The number of likely N-dealkylation sites (tertiary alicyclic amines) is 2. The maximum atomic E-state index is 13.2. The van der Waals surface area contributed by atoms with Crippen LogP contribution in [-0.2, 0) is 14.4 Å². The van der Waals surface area contributed by atoms with Crippen molar-refractivity contribution < 1.29 is 14.4 Å². The van der Waals surface area contributed by atoms with Crippen molar-refractivity contribution in [1.29, 1.82) is 0 Å². The van der Waals surface area contributed by atoms with Crippen LogP contribution in [0.1, 0.15) is 36.3 Å². The largest absolute Gasteiger partial charge is 0.369 e. The number of nitrogens with two attached hydrogens (primary N) is 1. The molecule has 1 atom stereocenters. The van der Waals surface area contributed by atoms with Crippen molar-refractivity contribution in [3.8, 4) is 0 Å². The first-order chi connectivity index (χ1) is 14.5. The number of primary amides is 1. The number of benzene rings is 2. The van der Waals surface area contributed by atoms with Crippen LogP contribution in [0.15, 0.2) is 60.7 Å². The number of hydrogen-bond acceptors (Lipinski definition) is 4. The van der Waals surface area contributed by atoms with Gasteiger partial charge in [-0.3, -0.25) is 24.2 Å². The Morgan fingerprint density at radius 1 is 0.933 bits per heavy atom. The number of piperidine rings is 1. The van der Waals surface area contributed by atoms with Crippen LogP contribution in [0, 0.1) is 5.92 Å². The molecule has 2 heterocycles. The minimum Gasteiger partial charge on any atom is -0.369 e. The first-order valence-electron chi connectivity index (χ1n) is 10.5. The lowest BCUT2D eigenvalue weighted by atomic mass is 9.91. The number of amides is 3. The second-order valence-electron chi connectivity index (χ2n) is 8.15. The first kappa shape index (κ1) is 20.3. The molecule has 2 fully saturated rings. The van der Waals surface area contributed by atoms with Gasteiger partial charge in [0.2, 0.25) is 17.7 Å². The molecule has 2 N–H and O–H groups in total. The zero-order valence-corrected chi connectivity index (χ0v) is 16.9. The summed E-state index contributed by atoms with van der Waals surface area (Å²) in [6, 6.07) is 19.5. The van der Waals surface area contributed by atoms with Gasteiger partial charge < -0.3 is 5.73 Å². The average molecular weight is 405 g/mol. The van der Waals surface area contributed by atoms with E-state index in [0.717, 1.165) is 11.1 Å². The minimum atomic E-state index is -0.432. The summed E-state index contributed by atoms with van der Waals surface area (Å²) in [6.45, 7) is 1.57. The van der Waals surface area contributed by atoms with Crippen LogP contribution in [0.25, 0.3) is 0 Å². The Kier molecular flexibility index (Phi) is 5.95. The van der Waals surface area contributed by atoms with Gasteiger partial charge in [-0.1, -0.05) is 60.7 Å². The lowest BCUT2D eigenvalue weighted by Crippen LogP contribution is -2.47. The summed E-state index contributed by atoms with van der Waals surface area (Å²) >= 11 is 0. The van der Waals surface area contributed by atoms with Crippen molar-refractivity contribution in [3.63, 3.8) is 0 Å². The van der Waals surface area contributed by atoms with Gasteiger partial charge in [0.15, 0.2) is 0 Å². The van der Waals surface area contributed by atoms with Crippen LogP contribution in [-0.4, -0.2) is 53.2 Å². The highest BCUT2D eigenvalue weighted by Gasteiger charge is 2.43. The number of nitrogens with zero attached hydrogens (tertiary/aromatic N) is 2. The summed E-state index contributed by atoms with van der Waals surface area (Å²) in [5, 5.41) is 0. The van der Waals surface area contributed by atoms with E-state index in [9.17, 15) is 14.4 Å². The molecule has 0 unspecified atom stereocenters. The number of carbonyl (C=O) groups excluding carboxylic acids is 3. The van der Waals surface area contributed by atoms with E-state index >= 15 is 0 Å². The van der Waals surface area contributed by atoms with Crippen LogP contribution in [0.4, 0.5) is 0 Å². The molecule has 6 nitrogen and oxygen atoms in total. The van der Waals surface area contributed by atoms with E-state index in [-0.39, 0.29) is 36.0 Å². The first-order valence-corrected chi connectivity index (χ1v) is 10.5. The van der Waals surface area contributed by atoms with Crippen LogP contribution in [0.3, 0.4) is 0 Å². The Balaban J connectivity index is 1.51. The smallest absolute Gasteiger partial charge is 0.247 e. The van der Waals surface area contributed by atoms with Gasteiger partial charge in [-0.2, -0.15) is 0 Å². The van der Waals surface area contributed by atoms with Crippen molar-refractivity contribution >= 4 is 17.7 Å². The van der Waals surface area contributed by atoms with Gasteiger partial charge in [-0.15, -0.1) is 0 Å². The van der Waals surface area contributed by atoms with Gasteiger partial charge in [-0.25, -0.2) is 0 Å². The fraction of sp³-hybridized carbons (Fsp3) is 0.375. The molecule has 6 heteroatoms. The van der Waals surface area contributed by atoms with Crippen LogP contribution in [0.5, 0.6) is 0 Å². The zero-order chi connectivity index (χ0) is 21.1. The van der Waals surface area contributed by atoms with Crippen LogP contribution >= 0.6 is 0 Å². The van der Waals surface area contributed by atoms with Crippen molar-refractivity contribution in [2.75, 3.05) is 19.6 Å². The Morgan fingerprint density at radius 2 is 1.47 bits per heavy atom. The van der Waals surface area contributed by atoms with E-state index in [2.05, 4.69) is 0 Å². The molecule has 2 aromatic rings. The standard InChI is InChI=1S/C24H27N3O3/c25-23(29)19-11-13-26(14-12-19)21-15-22(28)27(24(21)30)16-20(17-7-3-1-4-8-17)18-9-5-2-6-10-18/h1-10,19-21H,11-16H2,(H2,25,29)/t21-/m0/s1. The molecule has 2 aliphatic rings. The average Bonchev–Trinajstić information content (AvgIpc) is 3.06. The van der Waals surface area contributed by atoms with Crippen molar-refractivity contribution in [3.05, 3.63) is 71.8 Å². The molecular weight excluding hydrogens is 378 g/mol. The number of imide groups is 1. The lowest BCUT2D eigenvalue weighted by Gasteiger charge is -2.33. The Labute approximate surface area is 176 Å². The van der Waals surface area contributed by atoms with Gasteiger partial charge in [0.05, 0.1) is 12.5 Å². The molecule has 0 aromatic heterocycles. The topological polar surface area (TPSA) is 83.7 Å². The normalized spacial score (nSPS) is 20.8. The fourth-order valence-corrected chi connectivity index (χ4v) is 4.59. The monoisotopic (exact) mass is 405 g/mol. The molecular formula is C24H27N3O3. The van der Waals surface area contributed by atoms with E-state index in [1.165, 1.54) is 4.90 Å². The van der Waals surface area contributed by atoms with Gasteiger partial charge in [-0.05, 0) is 37.1 Å². The zero-order valence-electron chi connectivity index (χ0n) is 16.9.